The van der Waals surface area contributed by atoms with E-state index in [0.29, 0.717) is 12.5 Å². The lowest BCUT2D eigenvalue weighted by molar-refractivity contribution is -0.861. The molecule has 0 spiro atoms. The summed E-state index contributed by atoms with van der Waals surface area (Å²) in [5.41, 5.74) is -0.566. The highest BCUT2D eigenvalue weighted by atomic mass is 16.6. The summed E-state index contributed by atoms with van der Waals surface area (Å²) in [5, 5.41) is 0. The fourth-order valence-corrected chi connectivity index (χ4v) is 6.80. The van der Waals surface area contributed by atoms with E-state index in [1.165, 1.54) is 13.8 Å². The molecular formula is C23H40NO6+. The zero-order valence-electron chi connectivity index (χ0n) is 18.7. The molecule has 9 atom stereocenters. The van der Waals surface area contributed by atoms with Crippen LogP contribution in [0.5, 0.6) is 0 Å². The molecule has 0 unspecified atom stereocenters. The molecule has 3 aliphatic rings. The van der Waals surface area contributed by atoms with Crippen molar-refractivity contribution >= 4 is 17.9 Å². The smallest absolute Gasteiger partial charge is 0.315 e. The normalized spacial score (nSPS) is 42.5. The molecule has 2 aliphatic carbocycles. The summed E-state index contributed by atoms with van der Waals surface area (Å²) in [4.78, 5) is 38.0. The van der Waals surface area contributed by atoms with Gasteiger partial charge in [-0.05, 0) is 30.6 Å². The number of ether oxygens (including phenoxy) is 3. The first-order valence-corrected chi connectivity index (χ1v) is 10.8. The lowest BCUT2D eigenvalue weighted by Crippen LogP contribution is -3.06. The van der Waals surface area contributed by atoms with Crippen LogP contribution >= 0.6 is 0 Å². The Hall–Kier alpha value is -1.63. The molecule has 2 saturated carbocycles. The van der Waals surface area contributed by atoms with Gasteiger partial charge in [-0.1, -0.05) is 28.2 Å². The van der Waals surface area contributed by atoms with Crippen LogP contribution in [0.15, 0.2) is 0 Å². The lowest BCUT2D eigenvalue weighted by atomic mass is 9.65. The number of carbonyl (C=O) groups excluding carboxylic acids is 3. The summed E-state index contributed by atoms with van der Waals surface area (Å²) >= 11 is 0. The topological polar surface area (TPSA) is 83.3 Å². The number of nitrogens with one attached hydrogen (secondary N) is 1. The van der Waals surface area contributed by atoms with Crippen molar-refractivity contribution in [2.45, 2.75) is 73.2 Å². The van der Waals surface area contributed by atoms with E-state index in [2.05, 4.69) is 20.8 Å². The molecular weight excluding hydrogens is 386 g/mol. The zero-order chi connectivity index (χ0) is 21.7. The van der Waals surface area contributed by atoms with Crippen LogP contribution in [0, 0.1) is 35.0 Å². The first-order chi connectivity index (χ1) is 13.5. The van der Waals surface area contributed by atoms with E-state index in [0.717, 1.165) is 17.7 Å². The second kappa shape index (κ2) is 8.85. The molecule has 0 amide bonds. The van der Waals surface area contributed by atoms with Crippen LogP contribution in [0.1, 0.15) is 54.9 Å². The van der Waals surface area contributed by atoms with Crippen LogP contribution in [0.3, 0.4) is 0 Å². The molecule has 1 aliphatic heterocycles. The molecule has 30 heavy (non-hydrogen) atoms. The largest absolute Gasteiger partial charge is 0.462 e. The summed E-state index contributed by atoms with van der Waals surface area (Å²) in [6.07, 6.45) is 0.307. The Morgan fingerprint density at radius 1 is 1.10 bits per heavy atom. The second-order valence-corrected chi connectivity index (χ2v) is 10.0. The van der Waals surface area contributed by atoms with Gasteiger partial charge in [0, 0.05) is 19.3 Å². The van der Waals surface area contributed by atoms with E-state index >= 15 is 0 Å². The van der Waals surface area contributed by atoms with Crippen molar-refractivity contribution in [1.82, 2.24) is 0 Å². The van der Waals surface area contributed by atoms with Gasteiger partial charge in [-0.2, -0.15) is 0 Å². The van der Waals surface area contributed by atoms with E-state index in [9.17, 15) is 14.4 Å². The van der Waals surface area contributed by atoms with Gasteiger partial charge in [-0.15, -0.1) is 0 Å². The quantitative estimate of drug-likeness (QED) is 0.542. The van der Waals surface area contributed by atoms with Crippen LogP contribution in [0.4, 0.5) is 0 Å². The number of rotatable bonds is 4. The predicted octanol–water partition coefficient (Wildman–Crippen LogP) is 1.49. The van der Waals surface area contributed by atoms with Crippen LogP contribution in [-0.2, 0) is 28.6 Å². The average molecular weight is 427 g/mol. The van der Waals surface area contributed by atoms with Gasteiger partial charge in [0.1, 0.15) is 24.2 Å². The first kappa shape index (κ1) is 24.6. The minimum absolute atomic E-state index is 0. The Morgan fingerprint density at radius 2 is 1.67 bits per heavy atom. The van der Waals surface area contributed by atoms with Gasteiger partial charge in [0.2, 0.25) is 0 Å². The van der Waals surface area contributed by atoms with Gasteiger partial charge in [0.15, 0.2) is 0 Å². The average Bonchev–Trinajstić information content (AvgIpc) is 2.95. The number of hydrogen-bond donors (Lipinski definition) is 1. The Balaban J connectivity index is 0.00000320. The maximum absolute atomic E-state index is 12.8. The Labute approximate surface area is 180 Å². The highest BCUT2D eigenvalue weighted by Gasteiger charge is 2.67. The summed E-state index contributed by atoms with van der Waals surface area (Å²) < 4.78 is 17.7. The molecule has 1 saturated heterocycles. The van der Waals surface area contributed by atoms with Gasteiger partial charge >= 0.3 is 17.9 Å². The fourth-order valence-electron chi connectivity index (χ4n) is 6.80. The molecule has 7 heteroatoms. The first-order valence-electron chi connectivity index (χ1n) is 10.8. The molecule has 0 radical (unpaired) electrons. The zero-order valence-corrected chi connectivity index (χ0v) is 18.7. The van der Waals surface area contributed by atoms with Crippen molar-refractivity contribution in [3.05, 3.63) is 0 Å². The molecule has 172 valence electrons. The van der Waals surface area contributed by atoms with Crippen molar-refractivity contribution in [3.63, 3.8) is 0 Å². The standard InChI is InChI=1S/C22H35NO6.CH4/c1-11-8-16-18(15(10-23(6)7)21(26)29-16)20(28-14(4)25)22(5)17(27-13(3)24)9-12(2)19(11)22;/h11-12,15-20H,8-10H2,1-7H3;1H4/p+1/t11-,12+,15-,16+,17+,18-,19-,20+,22-;/m1./s1. The lowest BCUT2D eigenvalue weighted by Gasteiger charge is -2.45. The fraction of sp³-hybridized carbons (Fsp3) is 0.870. The Morgan fingerprint density at radius 3 is 2.20 bits per heavy atom. The maximum Gasteiger partial charge on any atom is 0.315 e. The van der Waals surface area contributed by atoms with E-state index in [1.807, 2.05) is 14.1 Å². The minimum atomic E-state index is -0.566. The summed E-state index contributed by atoms with van der Waals surface area (Å²) in [6, 6.07) is 0. The van der Waals surface area contributed by atoms with E-state index in [-0.39, 0.29) is 61.2 Å². The van der Waals surface area contributed by atoms with E-state index in [1.54, 1.807) is 0 Å². The van der Waals surface area contributed by atoms with Gasteiger partial charge in [0.25, 0.3) is 0 Å². The molecule has 3 rings (SSSR count). The summed E-state index contributed by atoms with van der Waals surface area (Å²) in [7, 11) is 4.01. The Kier molecular flexibility index (Phi) is 7.27. The number of quaternary nitrogens is 1. The summed E-state index contributed by atoms with van der Waals surface area (Å²) in [5.74, 6) is -0.720. The monoisotopic (exact) mass is 426 g/mol. The van der Waals surface area contributed by atoms with Crippen LogP contribution in [0.25, 0.3) is 0 Å². The third-order valence-electron chi connectivity index (χ3n) is 7.48. The van der Waals surface area contributed by atoms with Crippen molar-refractivity contribution in [1.29, 1.82) is 0 Å². The minimum Gasteiger partial charge on any atom is -0.462 e. The molecule has 0 aromatic carbocycles. The number of carbonyl (C=O) groups is 3. The number of hydrogen-bond acceptors (Lipinski definition) is 6. The van der Waals surface area contributed by atoms with Crippen LogP contribution in [-0.4, -0.2) is 56.9 Å². The predicted molar refractivity (Wildman–Crippen MR) is 112 cm³/mol. The van der Waals surface area contributed by atoms with Gasteiger partial charge < -0.3 is 19.1 Å². The third kappa shape index (κ3) is 4.10. The SMILES string of the molecule is C.CC(=O)O[C@H]1C[C@H](C)[C@H]2[C@H](C)C[C@@H]3OC(=O)[C@H](C[NH+](C)C)[C@H]3[C@H](OC(C)=O)[C@@]21C. The van der Waals surface area contributed by atoms with E-state index < -0.39 is 11.5 Å². The highest BCUT2D eigenvalue weighted by molar-refractivity contribution is 5.76. The molecule has 7 nitrogen and oxygen atoms in total. The van der Waals surface area contributed by atoms with Crippen molar-refractivity contribution in [3.8, 4) is 0 Å². The molecule has 0 bridgehead atoms. The molecule has 0 aromatic rings. The van der Waals surface area contributed by atoms with Gasteiger partial charge in [0.05, 0.1) is 26.6 Å². The molecule has 3 fully saturated rings. The highest BCUT2D eigenvalue weighted by Crippen LogP contribution is 2.60. The van der Waals surface area contributed by atoms with Crippen molar-refractivity contribution < 1.29 is 33.5 Å². The molecule has 1 N–H and O–H groups in total. The van der Waals surface area contributed by atoms with Gasteiger partial charge in [-0.25, -0.2) is 0 Å². The van der Waals surface area contributed by atoms with Crippen LogP contribution in [0.2, 0.25) is 0 Å². The molecule has 0 aromatic heterocycles. The maximum atomic E-state index is 12.8. The van der Waals surface area contributed by atoms with Crippen LogP contribution < -0.4 is 4.90 Å². The number of fused-ring (bicyclic) bond motifs is 2. The van der Waals surface area contributed by atoms with E-state index in [4.69, 9.17) is 14.2 Å². The summed E-state index contributed by atoms with van der Waals surface area (Å²) in [6.45, 7) is 9.89. The third-order valence-corrected chi connectivity index (χ3v) is 7.48. The molecule has 1 heterocycles. The van der Waals surface area contributed by atoms with Crippen molar-refractivity contribution in [2.24, 2.45) is 35.0 Å². The number of esters is 3. The Bertz CT molecular complexity index is 679. The van der Waals surface area contributed by atoms with Gasteiger partial charge in [-0.3, -0.25) is 14.4 Å². The van der Waals surface area contributed by atoms with Crippen molar-refractivity contribution in [2.75, 3.05) is 20.6 Å². The second-order valence-electron chi connectivity index (χ2n) is 10.0.